The smallest absolute Gasteiger partial charge is 0.123 e. The van der Waals surface area contributed by atoms with Crippen molar-refractivity contribution in [1.82, 2.24) is 5.32 Å². The molecule has 2 unspecified atom stereocenters. The average Bonchev–Trinajstić information content (AvgIpc) is 2.24. The molecule has 3 heteroatoms. The SMILES string of the molecule is CC(NCC(O)C(C)(C)C)c1cccc(F)c1. The van der Waals surface area contributed by atoms with E-state index in [1.54, 1.807) is 6.07 Å². The van der Waals surface area contributed by atoms with Gasteiger partial charge in [0.1, 0.15) is 5.82 Å². The summed E-state index contributed by atoms with van der Waals surface area (Å²) < 4.78 is 13.0. The van der Waals surface area contributed by atoms with Gasteiger partial charge in [0.2, 0.25) is 0 Å². The monoisotopic (exact) mass is 239 g/mol. The minimum Gasteiger partial charge on any atom is -0.391 e. The van der Waals surface area contributed by atoms with Crippen LogP contribution in [0.1, 0.15) is 39.3 Å². The van der Waals surface area contributed by atoms with Gasteiger partial charge in [-0.15, -0.1) is 0 Å². The summed E-state index contributed by atoms with van der Waals surface area (Å²) in [6.07, 6.45) is -0.418. The minimum absolute atomic E-state index is 0.0303. The minimum atomic E-state index is -0.418. The molecule has 2 nitrogen and oxygen atoms in total. The molecule has 1 aromatic rings. The summed E-state index contributed by atoms with van der Waals surface area (Å²) in [5.74, 6) is -0.229. The van der Waals surface area contributed by atoms with Gasteiger partial charge < -0.3 is 10.4 Å². The zero-order valence-corrected chi connectivity index (χ0v) is 11.0. The fourth-order valence-corrected chi connectivity index (χ4v) is 1.49. The van der Waals surface area contributed by atoms with Crippen LogP contribution >= 0.6 is 0 Å². The maximum atomic E-state index is 13.0. The van der Waals surface area contributed by atoms with E-state index in [2.05, 4.69) is 5.32 Å². The molecule has 0 heterocycles. The van der Waals surface area contributed by atoms with Crippen LogP contribution in [0.5, 0.6) is 0 Å². The average molecular weight is 239 g/mol. The Morgan fingerprint density at radius 1 is 1.35 bits per heavy atom. The van der Waals surface area contributed by atoms with Crippen LogP contribution in [0.4, 0.5) is 4.39 Å². The highest BCUT2D eigenvalue weighted by Gasteiger charge is 2.22. The molecular weight excluding hydrogens is 217 g/mol. The topological polar surface area (TPSA) is 32.3 Å². The van der Waals surface area contributed by atoms with Gasteiger partial charge in [-0.1, -0.05) is 32.9 Å². The van der Waals surface area contributed by atoms with Crippen molar-refractivity contribution in [1.29, 1.82) is 0 Å². The van der Waals surface area contributed by atoms with Crippen LogP contribution in [0.25, 0.3) is 0 Å². The molecule has 1 aromatic carbocycles. The van der Waals surface area contributed by atoms with E-state index in [4.69, 9.17) is 0 Å². The van der Waals surface area contributed by atoms with Gasteiger partial charge in [-0.3, -0.25) is 0 Å². The molecular formula is C14H22FNO. The molecule has 2 N–H and O–H groups in total. The number of aliphatic hydroxyl groups excluding tert-OH is 1. The van der Waals surface area contributed by atoms with Gasteiger partial charge in [0.15, 0.2) is 0 Å². The molecule has 0 aliphatic carbocycles. The van der Waals surface area contributed by atoms with E-state index >= 15 is 0 Å². The number of nitrogens with one attached hydrogen (secondary N) is 1. The third-order valence-corrected chi connectivity index (χ3v) is 2.97. The van der Waals surface area contributed by atoms with E-state index in [1.807, 2.05) is 33.8 Å². The molecule has 0 saturated carbocycles. The van der Waals surface area contributed by atoms with Crippen molar-refractivity contribution < 1.29 is 9.50 Å². The first kappa shape index (κ1) is 14.1. The highest BCUT2D eigenvalue weighted by atomic mass is 19.1. The second-order valence-corrected chi connectivity index (χ2v) is 5.57. The lowest BCUT2D eigenvalue weighted by Crippen LogP contribution is -2.37. The summed E-state index contributed by atoms with van der Waals surface area (Å²) in [6.45, 7) is 8.44. The zero-order chi connectivity index (χ0) is 13.1. The Balaban J connectivity index is 2.53. The van der Waals surface area contributed by atoms with E-state index in [9.17, 15) is 9.50 Å². The van der Waals surface area contributed by atoms with Gasteiger partial charge in [-0.05, 0) is 30.0 Å². The molecule has 0 aliphatic rings. The van der Waals surface area contributed by atoms with Crippen molar-refractivity contribution >= 4 is 0 Å². The van der Waals surface area contributed by atoms with E-state index in [0.717, 1.165) is 5.56 Å². The molecule has 0 spiro atoms. The van der Waals surface area contributed by atoms with Crippen LogP contribution in [0.3, 0.4) is 0 Å². The summed E-state index contributed by atoms with van der Waals surface area (Å²) in [4.78, 5) is 0. The fraction of sp³-hybridized carbons (Fsp3) is 0.571. The lowest BCUT2D eigenvalue weighted by Gasteiger charge is -2.27. The van der Waals surface area contributed by atoms with Gasteiger partial charge in [0.25, 0.3) is 0 Å². The van der Waals surface area contributed by atoms with Gasteiger partial charge in [-0.25, -0.2) is 4.39 Å². The quantitative estimate of drug-likeness (QED) is 0.846. The first-order chi connectivity index (χ1) is 7.80. The molecule has 0 fully saturated rings. The van der Waals surface area contributed by atoms with E-state index in [1.165, 1.54) is 12.1 Å². The molecule has 0 saturated heterocycles. The molecule has 0 bridgehead atoms. The van der Waals surface area contributed by atoms with Gasteiger partial charge >= 0.3 is 0 Å². The molecule has 0 aliphatic heterocycles. The lowest BCUT2D eigenvalue weighted by molar-refractivity contribution is 0.0609. The highest BCUT2D eigenvalue weighted by Crippen LogP contribution is 2.19. The van der Waals surface area contributed by atoms with Crippen LogP contribution < -0.4 is 5.32 Å². The molecule has 17 heavy (non-hydrogen) atoms. The number of hydrogen-bond donors (Lipinski definition) is 2. The molecule has 0 amide bonds. The van der Waals surface area contributed by atoms with Crippen molar-refractivity contribution in [2.24, 2.45) is 5.41 Å². The molecule has 1 rings (SSSR count). The largest absolute Gasteiger partial charge is 0.391 e. The normalized spacial score (nSPS) is 15.6. The number of halogens is 1. The van der Waals surface area contributed by atoms with Gasteiger partial charge in [0.05, 0.1) is 6.10 Å². The van der Waals surface area contributed by atoms with E-state index < -0.39 is 6.10 Å². The van der Waals surface area contributed by atoms with E-state index in [0.29, 0.717) is 6.54 Å². The van der Waals surface area contributed by atoms with Crippen LogP contribution in [0.2, 0.25) is 0 Å². The predicted octanol–water partition coefficient (Wildman–Crippen LogP) is 2.88. The standard InChI is InChI=1S/C14H22FNO/c1-10(11-6-5-7-12(15)8-11)16-9-13(17)14(2,3)4/h5-8,10,13,16-17H,9H2,1-4H3. The third kappa shape index (κ3) is 4.44. The molecule has 2 atom stereocenters. The Labute approximate surface area is 103 Å². The third-order valence-electron chi connectivity index (χ3n) is 2.97. The summed E-state index contributed by atoms with van der Waals surface area (Å²) in [5.41, 5.74) is 0.750. The Kier molecular flexibility index (Phi) is 4.66. The first-order valence-corrected chi connectivity index (χ1v) is 5.97. The summed E-state index contributed by atoms with van der Waals surface area (Å²) in [7, 11) is 0. The molecule has 0 aromatic heterocycles. The van der Waals surface area contributed by atoms with Crippen molar-refractivity contribution in [3.63, 3.8) is 0 Å². The summed E-state index contributed by atoms with van der Waals surface area (Å²) >= 11 is 0. The maximum Gasteiger partial charge on any atom is 0.123 e. The maximum absolute atomic E-state index is 13.0. The lowest BCUT2D eigenvalue weighted by atomic mass is 9.89. The second-order valence-electron chi connectivity index (χ2n) is 5.57. The molecule has 0 radical (unpaired) electrons. The van der Waals surface area contributed by atoms with Crippen molar-refractivity contribution in [2.45, 2.75) is 39.8 Å². The molecule has 96 valence electrons. The Morgan fingerprint density at radius 2 is 2.00 bits per heavy atom. The van der Waals surface area contributed by atoms with Crippen LogP contribution in [0, 0.1) is 11.2 Å². The number of rotatable bonds is 4. The Bertz CT molecular complexity index is 359. The van der Waals surface area contributed by atoms with Gasteiger partial charge in [0, 0.05) is 12.6 Å². The van der Waals surface area contributed by atoms with Crippen LogP contribution in [-0.2, 0) is 0 Å². The van der Waals surface area contributed by atoms with Crippen LogP contribution in [0.15, 0.2) is 24.3 Å². The second kappa shape index (κ2) is 5.61. The Hall–Kier alpha value is -0.930. The number of benzene rings is 1. The van der Waals surface area contributed by atoms with Crippen molar-refractivity contribution in [2.75, 3.05) is 6.54 Å². The first-order valence-electron chi connectivity index (χ1n) is 5.97. The summed E-state index contributed by atoms with van der Waals surface area (Å²) in [6, 6.07) is 6.55. The van der Waals surface area contributed by atoms with E-state index in [-0.39, 0.29) is 17.3 Å². The van der Waals surface area contributed by atoms with Crippen molar-refractivity contribution in [3.8, 4) is 0 Å². The zero-order valence-electron chi connectivity index (χ0n) is 11.0. The Morgan fingerprint density at radius 3 is 2.53 bits per heavy atom. The number of hydrogen-bond acceptors (Lipinski definition) is 2. The van der Waals surface area contributed by atoms with Crippen molar-refractivity contribution in [3.05, 3.63) is 35.6 Å². The summed E-state index contributed by atoms with van der Waals surface area (Å²) in [5, 5.41) is 13.1. The fourth-order valence-electron chi connectivity index (χ4n) is 1.49. The highest BCUT2D eigenvalue weighted by molar-refractivity contribution is 5.19. The predicted molar refractivity (Wildman–Crippen MR) is 68.3 cm³/mol. The number of aliphatic hydroxyl groups is 1. The van der Waals surface area contributed by atoms with Gasteiger partial charge in [-0.2, -0.15) is 0 Å². The van der Waals surface area contributed by atoms with Crippen LogP contribution in [-0.4, -0.2) is 17.8 Å².